The number of rotatable bonds is 4. The number of H-pyrrole nitrogens is 1. The van der Waals surface area contributed by atoms with Crippen LogP contribution in [0.3, 0.4) is 0 Å². The molecule has 1 fully saturated rings. The lowest BCUT2D eigenvalue weighted by Gasteiger charge is -2.37. The summed E-state index contributed by atoms with van der Waals surface area (Å²) in [6.07, 6.45) is 13.4. The van der Waals surface area contributed by atoms with Gasteiger partial charge in [0.05, 0.1) is 5.56 Å². The van der Waals surface area contributed by atoms with E-state index < -0.39 is 0 Å². The number of allylic oxidation sites excluding steroid dienone is 2. The Hall–Kier alpha value is -2.60. The average Bonchev–Trinajstić information content (AvgIpc) is 3.22. The van der Waals surface area contributed by atoms with Crippen LogP contribution < -0.4 is 5.56 Å². The third-order valence-corrected chi connectivity index (χ3v) is 6.35. The van der Waals surface area contributed by atoms with Gasteiger partial charge in [-0.15, -0.1) is 0 Å². The van der Waals surface area contributed by atoms with Crippen LogP contribution in [-0.2, 0) is 7.05 Å². The van der Waals surface area contributed by atoms with Gasteiger partial charge in [0.15, 0.2) is 0 Å². The molecule has 2 aliphatic rings. The van der Waals surface area contributed by atoms with E-state index in [1.807, 2.05) is 18.0 Å². The van der Waals surface area contributed by atoms with Crippen LogP contribution in [0.25, 0.3) is 10.9 Å². The van der Waals surface area contributed by atoms with Gasteiger partial charge in [-0.2, -0.15) is 0 Å². The Morgan fingerprint density at radius 1 is 1.31 bits per heavy atom. The van der Waals surface area contributed by atoms with Crippen LogP contribution in [0, 0.1) is 5.92 Å². The van der Waals surface area contributed by atoms with Crippen molar-refractivity contribution in [2.45, 2.75) is 32.2 Å². The summed E-state index contributed by atoms with van der Waals surface area (Å²) >= 11 is 0. The van der Waals surface area contributed by atoms with Gasteiger partial charge in [0.25, 0.3) is 11.5 Å². The standard InChI is InChI=1S/C23H30N4O2/c1-16-4-6-17(7-5-16)14-27-12-9-18(10-13-27)26(3)22(28)20-15-25(2)23(29)21-19(20)8-11-24-21/h4,6-8,11,15-16,18,24H,5,9-10,12-14H2,1-3H3. The minimum absolute atomic E-state index is 0.0180. The molecule has 1 aliphatic carbocycles. The highest BCUT2D eigenvalue weighted by Crippen LogP contribution is 2.23. The van der Waals surface area contributed by atoms with Crippen LogP contribution in [0.1, 0.15) is 36.5 Å². The summed E-state index contributed by atoms with van der Waals surface area (Å²) in [5.74, 6) is 0.628. The van der Waals surface area contributed by atoms with Gasteiger partial charge in [-0.1, -0.05) is 25.2 Å². The molecule has 0 spiro atoms. The Morgan fingerprint density at radius 3 is 2.76 bits per heavy atom. The molecule has 0 aromatic carbocycles. The number of aryl methyl sites for hydroxylation is 1. The van der Waals surface area contributed by atoms with Crippen molar-refractivity contribution in [2.24, 2.45) is 13.0 Å². The lowest BCUT2D eigenvalue weighted by molar-refractivity contribution is 0.0651. The average molecular weight is 395 g/mol. The van der Waals surface area contributed by atoms with E-state index in [0.717, 1.165) is 38.9 Å². The zero-order chi connectivity index (χ0) is 20.5. The molecule has 1 unspecified atom stereocenters. The summed E-state index contributed by atoms with van der Waals surface area (Å²) in [5.41, 5.74) is 2.37. The van der Waals surface area contributed by atoms with E-state index >= 15 is 0 Å². The molecule has 0 radical (unpaired) electrons. The first-order valence-corrected chi connectivity index (χ1v) is 10.5. The first kappa shape index (κ1) is 19.7. The van der Waals surface area contributed by atoms with Gasteiger partial charge < -0.3 is 14.5 Å². The first-order valence-electron chi connectivity index (χ1n) is 10.5. The van der Waals surface area contributed by atoms with Gasteiger partial charge in [-0.25, -0.2) is 0 Å². The van der Waals surface area contributed by atoms with Crippen LogP contribution in [0.4, 0.5) is 0 Å². The molecule has 1 saturated heterocycles. The highest BCUT2D eigenvalue weighted by atomic mass is 16.2. The molecule has 1 atom stereocenters. The van der Waals surface area contributed by atoms with E-state index in [-0.39, 0.29) is 17.5 Å². The number of amides is 1. The van der Waals surface area contributed by atoms with E-state index in [9.17, 15) is 9.59 Å². The number of carbonyl (C=O) groups is 1. The van der Waals surface area contributed by atoms with E-state index in [1.54, 1.807) is 19.4 Å². The SMILES string of the molecule is CC1C=CC(CN2CCC(N(C)C(=O)c3cn(C)c(=O)c4[nH]ccc34)CC2)=CC1. The van der Waals surface area contributed by atoms with Crippen LogP contribution >= 0.6 is 0 Å². The second-order valence-corrected chi connectivity index (χ2v) is 8.50. The lowest BCUT2D eigenvalue weighted by atomic mass is 9.97. The Kier molecular flexibility index (Phi) is 5.46. The summed E-state index contributed by atoms with van der Waals surface area (Å²) in [6.45, 7) is 5.23. The number of hydrogen-bond acceptors (Lipinski definition) is 3. The molecule has 6 heteroatoms. The molecular formula is C23H30N4O2. The Bertz CT molecular complexity index is 1020. The van der Waals surface area contributed by atoms with Crippen molar-refractivity contribution in [1.29, 1.82) is 0 Å². The second kappa shape index (κ2) is 8.03. The number of fused-ring (bicyclic) bond motifs is 1. The molecule has 1 amide bonds. The quantitative estimate of drug-likeness (QED) is 0.867. The largest absolute Gasteiger partial charge is 0.357 e. The Morgan fingerprint density at radius 2 is 2.07 bits per heavy atom. The predicted molar refractivity (Wildman–Crippen MR) is 116 cm³/mol. The van der Waals surface area contributed by atoms with Crippen molar-refractivity contribution < 1.29 is 4.79 Å². The van der Waals surface area contributed by atoms with Gasteiger partial charge in [-0.3, -0.25) is 14.5 Å². The summed E-state index contributed by atoms with van der Waals surface area (Å²) in [6, 6.07) is 2.04. The monoisotopic (exact) mass is 394 g/mol. The third kappa shape index (κ3) is 3.94. The number of nitrogens with one attached hydrogen (secondary N) is 1. The first-order chi connectivity index (χ1) is 13.9. The molecule has 0 bridgehead atoms. The normalized spacial score (nSPS) is 20.8. The molecule has 2 aromatic rings. The summed E-state index contributed by atoms with van der Waals surface area (Å²) in [7, 11) is 3.58. The van der Waals surface area contributed by atoms with E-state index in [4.69, 9.17) is 0 Å². The highest BCUT2D eigenvalue weighted by molar-refractivity contribution is 6.05. The molecule has 6 nitrogen and oxygen atoms in total. The fraction of sp³-hybridized carbons (Fsp3) is 0.478. The van der Waals surface area contributed by atoms with E-state index in [0.29, 0.717) is 22.4 Å². The lowest BCUT2D eigenvalue weighted by Crippen LogP contribution is -2.46. The number of likely N-dealkylation sites (tertiary alicyclic amines) is 1. The molecule has 154 valence electrons. The van der Waals surface area contributed by atoms with Crippen molar-refractivity contribution in [2.75, 3.05) is 26.7 Å². The number of aromatic amines is 1. The van der Waals surface area contributed by atoms with Crippen molar-refractivity contribution in [3.8, 4) is 0 Å². The highest BCUT2D eigenvalue weighted by Gasteiger charge is 2.27. The van der Waals surface area contributed by atoms with Crippen LogP contribution in [0.15, 0.2) is 47.1 Å². The predicted octanol–water partition coefficient (Wildman–Crippen LogP) is 2.93. The van der Waals surface area contributed by atoms with Crippen molar-refractivity contribution >= 4 is 16.8 Å². The van der Waals surface area contributed by atoms with Crippen molar-refractivity contribution in [1.82, 2.24) is 19.4 Å². The van der Waals surface area contributed by atoms with Gasteiger partial charge in [0, 0.05) is 57.6 Å². The van der Waals surface area contributed by atoms with Crippen molar-refractivity contribution in [3.63, 3.8) is 0 Å². The molecule has 0 saturated carbocycles. The number of nitrogens with zero attached hydrogens (tertiary/aromatic N) is 3. The summed E-state index contributed by atoms with van der Waals surface area (Å²) < 4.78 is 1.48. The van der Waals surface area contributed by atoms with E-state index in [2.05, 4.69) is 35.0 Å². The number of aromatic nitrogens is 2. The fourth-order valence-electron chi connectivity index (χ4n) is 4.41. The Balaban J connectivity index is 1.41. The van der Waals surface area contributed by atoms with Gasteiger partial charge >= 0.3 is 0 Å². The summed E-state index contributed by atoms with van der Waals surface area (Å²) in [4.78, 5) is 32.8. The molecule has 1 aliphatic heterocycles. The smallest absolute Gasteiger partial charge is 0.274 e. The minimum atomic E-state index is -0.113. The maximum Gasteiger partial charge on any atom is 0.274 e. The number of piperidine rings is 1. The second-order valence-electron chi connectivity index (χ2n) is 8.50. The zero-order valence-corrected chi connectivity index (χ0v) is 17.5. The fourth-order valence-corrected chi connectivity index (χ4v) is 4.41. The zero-order valence-electron chi connectivity index (χ0n) is 17.5. The molecule has 1 N–H and O–H groups in total. The maximum atomic E-state index is 13.2. The van der Waals surface area contributed by atoms with E-state index in [1.165, 1.54) is 10.1 Å². The van der Waals surface area contributed by atoms with Gasteiger partial charge in [-0.05, 0) is 36.8 Å². The van der Waals surface area contributed by atoms with Gasteiger partial charge in [0.2, 0.25) is 0 Å². The maximum absolute atomic E-state index is 13.2. The number of carbonyl (C=O) groups excluding carboxylic acids is 1. The van der Waals surface area contributed by atoms with Crippen LogP contribution in [0.2, 0.25) is 0 Å². The molecule has 29 heavy (non-hydrogen) atoms. The molecule has 3 heterocycles. The third-order valence-electron chi connectivity index (χ3n) is 6.35. The number of pyridine rings is 1. The minimum Gasteiger partial charge on any atom is -0.357 e. The topological polar surface area (TPSA) is 61.3 Å². The molecule has 4 rings (SSSR count). The molecular weight excluding hydrogens is 364 g/mol. The van der Waals surface area contributed by atoms with Crippen molar-refractivity contribution in [3.05, 3.63) is 58.2 Å². The van der Waals surface area contributed by atoms with Crippen LogP contribution in [-0.4, -0.2) is 58.0 Å². The molecule has 2 aromatic heterocycles. The Labute approximate surface area is 171 Å². The van der Waals surface area contributed by atoms with Crippen LogP contribution in [0.5, 0.6) is 0 Å². The van der Waals surface area contributed by atoms with Gasteiger partial charge in [0.1, 0.15) is 5.52 Å². The summed E-state index contributed by atoms with van der Waals surface area (Å²) in [5, 5.41) is 0.702. The number of hydrogen-bond donors (Lipinski definition) is 1.